The van der Waals surface area contributed by atoms with Gasteiger partial charge in [-0.25, -0.2) is 4.79 Å². The Balaban J connectivity index is 1.88. The maximum absolute atomic E-state index is 12.4. The Kier molecular flexibility index (Phi) is 7.18. The molecule has 2 unspecified atom stereocenters. The summed E-state index contributed by atoms with van der Waals surface area (Å²) in [7, 11) is 0. The van der Waals surface area contributed by atoms with Crippen molar-refractivity contribution < 1.29 is 23.9 Å². The summed E-state index contributed by atoms with van der Waals surface area (Å²) >= 11 is 0. The van der Waals surface area contributed by atoms with Crippen molar-refractivity contribution in [3.8, 4) is 0 Å². The first-order valence-electron chi connectivity index (χ1n) is 9.58. The van der Waals surface area contributed by atoms with Gasteiger partial charge in [-0.3, -0.25) is 9.59 Å². The molecular formula is C21H30N2O5. The third-order valence-electron chi connectivity index (χ3n) is 4.68. The average Bonchev–Trinajstić information content (AvgIpc) is 2.67. The van der Waals surface area contributed by atoms with Crippen LogP contribution in [0.15, 0.2) is 24.3 Å². The highest BCUT2D eigenvalue weighted by molar-refractivity contribution is 5.97. The average molecular weight is 390 g/mol. The predicted molar refractivity (Wildman–Crippen MR) is 105 cm³/mol. The molecule has 7 nitrogen and oxygen atoms in total. The van der Waals surface area contributed by atoms with Crippen molar-refractivity contribution in [3.63, 3.8) is 0 Å². The van der Waals surface area contributed by atoms with Crippen molar-refractivity contribution in [1.29, 1.82) is 0 Å². The smallest absolute Gasteiger partial charge is 0.329 e. The zero-order chi connectivity index (χ0) is 20.9. The maximum Gasteiger partial charge on any atom is 0.329 e. The molecule has 0 bridgehead atoms. The molecule has 1 aliphatic heterocycles. The number of morpholine rings is 1. The Hall–Kier alpha value is -2.41. The summed E-state index contributed by atoms with van der Waals surface area (Å²) in [5.41, 5.74) is 1.58. The van der Waals surface area contributed by atoms with Crippen LogP contribution in [0.3, 0.4) is 0 Å². The number of hydrogen-bond acceptors (Lipinski definition) is 5. The van der Waals surface area contributed by atoms with Crippen LogP contribution in [-0.4, -0.2) is 61.1 Å². The van der Waals surface area contributed by atoms with Gasteiger partial charge in [-0.1, -0.05) is 32.9 Å². The summed E-state index contributed by atoms with van der Waals surface area (Å²) < 4.78 is 10.5. The summed E-state index contributed by atoms with van der Waals surface area (Å²) in [4.78, 5) is 38.6. The van der Waals surface area contributed by atoms with E-state index in [0.29, 0.717) is 31.9 Å². The van der Waals surface area contributed by atoms with Gasteiger partial charge in [-0.05, 0) is 37.0 Å². The number of rotatable bonds is 5. The standard InChI is InChI=1S/C21H30N2O5/c1-14(20(26)28-15(2)19(25)23-10-12-27-13-11-23)22-18(24)16-6-8-17(9-7-16)21(3,4)5/h6-9,14-15H,10-13H2,1-5H3,(H,22,24). The highest BCUT2D eigenvalue weighted by Crippen LogP contribution is 2.22. The molecule has 154 valence electrons. The van der Waals surface area contributed by atoms with Gasteiger partial charge in [0.2, 0.25) is 0 Å². The molecule has 1 N–H and O–H groups in total. The van der Waals surface area contributed by atoms with Crippen molar-refractivity contribution in [2.24, 2.45) is 0 Å². The van der Waals surface area contributed by atoms with Crippen LogP contribution in [-0.2, 0) is 24.5 Å². The lowest BCUT2D eigenvalue weighted by Gasteiger charge is -2.29. The van der Waals surface area contributed by atoms with E-state index in [9.17, 15) is 14.4 Å². The molecule has 0 aliphatic carbocycles. The van der Waals surface area contributed by atoms with E-state index in [0.717, 1.165) is 5.56 Å². The lowest BCUT2D eigenvalue weighted by Crippen LogP contribution is -2.47. The molecule has 0 aromatic heterocycles. The van der Waals surface area contributed by atoms with Crippen molar-refractivity contribution in [3.05, 3.63) is 35.4 Å². The Morgan fingerprint density at radius 2 is 1.64 bits per heavy atom. The van der Waals surface area contributed by atoms with E-state index >= 15 is 0 Å². The number of nitrogens with one attached hydrogen (secondary N) is 1. The van der Waals surface area contributed by atoms with E-state index < -0.39 is 18.1 Å². The molecule has 7 heteroatoms. The zero-order valence-corrected chi connectivity index (χ0v) is 17.3. The number of amides is 2. The molecular weight excluding hydrogens is 360 g/mol. The van der Waals surface area contributed by atoms with Gasteiger partial charge in [0.05, 0.1) is 13.2 Å². The summed E-state index contributed by atoms with van der Waals surface area (Å²) in [6.07, 6.45) is -0.906. The van der Waals surface area contributed by atoms with Crippen molar-refractivity contribution in [2.45, 2.75) is 52.2 Å². The van der Waals surface area contributed by atoms with E-state index in [1.807, 2.05) is 12.1 Å². The minimum absolute atomic E-state index is 0.00470. The number of benzene rings is 1. The molecule has 1 aromatic rings. The van der Waals surface area contributed by atoms with E-state index in [-0.39, 0.29) is 17.2 Å². The molecule has 1 aliphatic rings. The van der Waals surface area contributed by atoms with Gasteiger partial charge in [-0.15, -0.1) is 0 Å². The van der Waals surface area contributed by atoms with E-state index in [4.69, 9.17) is 9.47 Å². The van der Waals surface area contributed by atoms with Crippen LogP contribution in [0.4, 0.5) is 0 Å². The Bertz CT molecular complexity index is 703. The molecule has 0 spiro atoms. The number of ether oxygens (including phenoxy) is 2. The minimum Gasteiger partial charge on any atom is -0.451 e. The predicted octanol–water partition coefficient (Wildman–Crippen LogP) is 1.89. The fourth-order valence-corrected chi connectivity index (χ4v) is 2.83. The second-order valence-corrected chi connectivity index (χ2v) is 8.04. The van der Waals surface area contributed by atoms with Crippen LogP contribution < -0.4 is 5.32 Å². The topological polar surface area (TPSA) is 84.9 Å². The van der Waals surface area contributed by atoms with Gasteiger partial charge in [0.25, 0.3) is 11.8 Å². The first-order valence-corrected chi connectivity index (χ1v) is 9.58. The molecule has 1 saturated heterocycles. The Labute approximate surface area is 166 Å². The summed E-state index contributed by atoms with van der Waals surface area (Å²) in [5, 5.41) is 2.62. The van der Waals surface area contributed by atoms with Crippen LogP contribution in [0.25, 0.3) is 0 Å². The number of nitrogens with zero attached hydrogens (tertiary/aromatic N) is 1. The van der Waals surface area contributed by atoms with Gasteiger partial charge in [0.15, 0.2) is 6.10 Å². The molecule has 2 atom stereocenters. The molecule has 1 fully saturated rings. The Morgan fingerprint density at radius 3 is 2.18 bits per heavy atom. The first-order chi connectivity index (χ1) is 13.1. The van der Waals surface area contributed by atoms with E-state index in [2.05, 4.69) is 26.1 Å². The summed E-state index contributed by atoms with van der Waals surface area (Å²) in [6.45, 7) is 11.3. The van der Waals surface area contributed by atoms with Crippen LogP contribution in [0, 0.1) is 0 Å². The SMILES string of the molecule is CC(NC(=O)c1ccc(C(C)(C)C)cc1)C(=O)OC(C)C(=O)N1CCOCC1. The number of hydrogen-bond donors (Lipinski definition) is 1. The van der Waals surface area contributed by atoms with Crippen LogP contribution in [0.2, 0.25) is 0 Å². The van der Waals surface area contributed by atoms with Gasteiger partial charge >= 0.3 is 5.97 Å². The zero-order valence-electron chi connectivity index (χ0n) is 17.3. The molecule has 28 heavy (non-hydrogen) atoms. The van der Waals surface area contributed by atoms with Crippen LogP contribution in [0.1, 0.15) is 50.5 Å². The van der Waals surface area contributed by atoms with Gasteiger partial charge < -0.3 is 19.7 Å². The van der Waals surface area contributed by atoms with Crippen LogP contribution in [0.5, 0.6) is 0 Å². The lowest BCUT2D eigenvalue weighted by molar-refractivity contribution is -0.162. The minimum atomic E-state index is -0.906. The fraction of sp³-hybridized carbons (Fsp3) is 0.571. The Morgan fingerprint density at radius 1 is 1.07 bits per heavy atom. The number of carbonyl (C=O) groups is 3. The molecule has 2 rings (SSSR count). The normalized spacial score (nSPS) is 16.8. The number of carbonyl (C=O) groups excluding carboxylic acids is 3. The first kappa shape index (κ1) is 21.9. The van der Waals surface area contributed by atoms with Gasteiger partial charge in [-0.2, -0.15) is 0 Å². The molecule has 1 heterocycles. The molecule has 1 aromatic carbocycles. The fourth-order valence-electron chi connectivity index (χ4n) is 2.83. The van der Waals surface area contributed by atoms with Crippen molar-refractivity contribution >= 4 is 17.8 Å². The quantitative estimate of drug-likeness (QED) is 0.776. The second kappa shape index (κ2) is 9.19. The highest BCUT2D eigenvalue weighted by Gasteiger charge is 2.27. The third kappa shape index (κ3) is 5.79. The second-order valence-electron chi connectivity index (χ2n) is 8.04. The van der Waals surface area contributed by atoms with Gasteiger partial charge in [0, 0.05) is 18.7 Å². The lowest BCUT2D eigenvalue weighted by atomic mass is 9.86. The third-order valence-corrected chi connectivity index (χ3v) is 4.68. The largest absolute Gasteiger partial charge is 0.451 e. The molecule has 0 saturated carbocycles. The van der Waals surface area contributed by atoms with E-state index in [1.54, 1.807) is 17.0 Å². The molecule has 2 amide bonds. The summed E-state index contributed by atoms with van der Waals surface area (Å²) in [5.74, 6) is -1.27. The van der Waals surface area contributed by atoms with Crippen molar-refractivity contribution in [2.75, 3.05) is 26.3 Å². The number of esters is 1. The monoisotopic (exact) mass is 390 g/mol. The highest BCUT2D eigenvalue weighted by atomic mass is 16.5. The summed E-state index contributed by atoms with van der Waals surface area (Å²) in [6, 6.07) is 6.41. The molecule has 0 radical (unpaired) electrons. The van der Waals surface area contributed by atoms with Crippen LogP contribution >= 0.6 is 0 Å². The van der Waals surface area contributed by atoms with E-state index in [1.165, 1.54) is 13.8 Å². The van der Waals surface area contributed by atoms with Crippen molar-refractivity contribution in [1.82, 2.24) is 10.2 Å². The van der Waals surface area contributed by atoms with Gasteiger partial charge in [0.1, 0.15) is 6.04 Å². The maximum atomic E-state index is 12.4.